The molecule has 18 heavy (non-hydrogen) atoms. The topological polar surface area (TPSA) is 47.3 Å². The van der Waals surface area contributed by atoms with Crippen molar-refractivity contribution in [3.05, 3.63) is 30.3 Å². The fraction of sp³-hybridized carbons (Fsp3) is 0.429. The lowest BCUT2D eigenvalue weighted by Gasteiger charge is -2.29. The van der Waals surface area contributed by atoms with Gasteiger partial charge in [-0.15, -0.1) is 0 Å². The number of likely N-dealkylation sites (N-methyl/N-ethyl adjacent to an activating group) is 1. The largest absolute Gasteiger partial charge is 0.358 e. The molecule has 1 unspecified atom stereocenters. The zero-order valence-corrected chi connectivity index (χ0v) is 10.5. The van der Waals surface area contributed by atoms with Gasteiger partial charge in [-0.25, -0.2) is 0 Å². The lowest BCUT2D eigenvalue weighted by atomic mass is 10.1. The fourth-order valence-electron chi connectivity index (χ4n) is 2.35. The molecule has 4 heteroatoms. The smallest absolute Gasteiger partial charge is 0.245 e. The number of nitriles is 1. The Morgan fingerprint density at radius 1 is 1.44 bits per heavy atom. The minimum absolute atomic E-state index is 0.120. The molecule has 4 nitrogen and oxygen atoms in total. The molecule has 1 aliphatic heterocycles. The van der Waals surface area contributed by atoms with Crippen molar-refractivity contribution in [3.8, 4) is 6.07 Å². The van der Waals surface area contributed by atoms with Crippen molar-refractivity contribution in [2.75, 3.05) is 25.0 Å². The van der Waals surface area contributed by atoms with E-state index in [9.17, 15) is 4.79 Å². The molecule has 0 spiro atoms. The van der Waals surface area contributed by atoms with Gasteiger partial charge in [0.05, 0.1) is 12.5 Å². The molecule has 0 radical (unpaired) electrons. The van der Waals surface area contributed by atoms with E-state index >= 15 is 0 Å². The van der Waals surface area contributed by atoms with Crippen molar-refractivity contribution in [3.63, 3.8) is 0 Å². The number of hydrogen-bond acceptors (Lipinski definition) is 3. The average molecular weight is 243 g/mol. The Morgan fingerprint density at radius 3 is 2.72 bits per heavy atom. The molecule has 0 aliphatic carbocycles. The molecule has 2 rings (SSSR count). The first-order chi connectivity index (χ1) is 8.74. The summed E-state index contributed by atoms with van der Waals surface area (Å²) in [5, 5.41) is 8.75. The Bertz CT molecular complexity index is 452. The fourth-order valence-corrected chi connectivity index (χ4v) is 2.35. The first-order valence-electron chi connectivity index (χ1n) is 6.17. The van der Waals surface area contributed by atoms with Crippen LogP contribution in [-0.4, -0.2) is 37.0 Å². The number of para-hydroxylation sites is 1. The van der Waals surface area contributed by atoms with Crippen LogP contribution in [-0.2, 0) is 4.79 Å². The number of rotatable bonds is 4. The van der Waals surface area contributed by atoms with Crippen LogP contribution in [0, 0.1) is 11.3 Å². The third-order valence-electron chi connectivity index (χ3n) is 3.33. The molecule has 1 fully saturated rings. The summed E-state index contributed by atoms with van der Waals surface area (Å²) < 4.78 is 0. The van der Waals surface area contributed by atoms with Crippen molar-refractivity contribution in [1.29, 1.82) is 5.26 Å². The maximum atomic E-state index is 12.1. The van der Waals surface area contributed by atoms with Gasteiger partial charge in [-0.3, -0.25) is 4.79 Å². The van der Waals surface area contributed by atoms with E-state index in [1.54, 1.807) is 4.90 Å². The first kappa shape index (κ1) is 12.4. The maximum Gasteiger partial charge on any atom is 0.245 e. The molecule has 0 aromatic heterocycles. The predicted octanol–water partition coefficient (Wildman–Crippen LogP) is 1.64. The van der Waals surface area contributed by atoms with Gasteiger partial charge in [0.1, 0.15) is 6.04 Å². The maximum absolute atomic E-state index is 12.1. The molecular formula is C14H17N3O. The van der Waals surface area contributed by atoms with Crippen LogP contribution in [0.4, 0.5) is 5.69 Å². The predicted molar refractivity (Wildman–Crippen MR) is 70.1 cm³/mol. The third kappa shape index (κ3) is 2.45. The van der Waals surface area contributed by atoms with Crippen molar-refractivity contribution in [1.82, 2.24) is 4.90 Å². The van der Waals surface area contributed by atoms with Gasteiger partial charge >= 0.3 is 0 Å². The summed E-state index contributed by atoms with van der Waals surface area (Å²) in [5.74, 6) is 0.150. The minimum Gasteiger partial charge on any atom is -0.358 e. The van der Waals surface area contributed by atoms with Gasteiger partial charge in [-0.2, -0.15) is 5.26 Å². The molecule has 1 aromatic carbocycles. The normalized spacial score (nSPS) is 18.8. The second kappa shape index (κ2) is 5.54. The van der Waals surface area contributed by atoms with E-state index in [1.807, 2.05) is 37.4 Å². The number of carbonyl (C=O) groups is 1. The number of hydrogen-bond donors (Lipinski definition) is 0. The second-order valence-corrected chi connectivity index (χ2v) is 4.50. The molecule has 0 saturated carbocycles. The van der Waals surface area contributed by atoms with E-state index < -0.39 is 0 Å². The van der Waals surface area contributed by atoms with E-state index in [-0.39, 0.29) is 11.9 Å². The number of nitrogens with zero attached hydrogens (tertiary/aromatic N) is 3. The van der Waals surface area contributed by atoms with Gasteiger partial charge < -0.3 is 9.80 Å². The molecule has 1 saturated heterocycles. The monoisotopic (exact) mass is 243 g/mol. The Balaban J connectivity index is 2.21. The van der Waals surface area contributed by atoms with Gasteiger partial charge in [0.25, 0.3) is 0 Å². The number of benzene rings is 1. The van der Waals surface area contributed by atoms with E-state index in [4.69, 9.17) is 5.26 Å². The standard InChI is InChI=1S/C14H17N3O/c1-16-11-8-13(14(16)18)17(10-5-9-15)12-6-3-2-4-7-12/h2-4,6-7,13H,5,8,10-11H2,1H3. The Kier molecular flexibility index (Phi) is 3.83. The summed E-state index contributed by atoms with van der Waals surface area (Å²) >= 11 is 0. The van der Waals surface area contributed by atoms with E-state index in [1.165, 1.54) is 0 Å². The van der Waals surface area contributed by atoms with E-state index in [0.29, 0.717) is 13.0 Å². The molecule has 94 valence electrons. The summed E-state index contributed by atoms with van der Waals surface area (Å²) in [6, 6.07) is 11.9. The molecular weight excluding hydrogens is 226 g/mol. The van der Waals surface area contributed by atoms with Crippen molar-refractivity contribution in [2.45, 2.75) is 18.9 Å². The molecule has 1 atom stereocenters. The number of carbonyl (C=O) groups excluding carboxylic acids is 1. The number of amides is 1. The first-order valence-corrected chi connectivity index (χ1v) is 6.17. The van der Waals surface area contributed by atoms with E-state index in [0.717, 1.165) is 18.7 Å². The van der Waals surface area contributed by atoms with Gasteiger partial charge in [0, 0.05) is 25.8 Å². The minimum atomic E-state index is -0.120. The van der Waals surface area contributed by atoms with Crippen LogP contribution in [0.15, 0.2) is 30.3 Å². The summed E-state index contributed by atoms with van der Waals surface area (Å²) in [6.45, 7) is 1.39. The molecule has 1 aliphatic rings. The van der Waals surface area contributed by atoms with Crippen molar-refractivity contribution < 1.29 is 4.79 Å². The second-order valence-electron chi connectivity index (χ2n) is 4.50. The number of likely N-dealkylation sites (tertiary alicyclic amines) is 1. The zero-order chi connectivity index (χ0) is 13.0. The molecule has 1 aromatic rings. The van der Waals surface area contributed by atoms with Crippen LogP contribution in [0.2, 0.25) is 0 Å². The summed E-state index contributed by atoms with van der Waals surface area (Å²) in [4.78, 5) is 15.9. The van der Waals surface area contributed by atoms with Crippen LogP contribution in [0.3, 0.4) is 0 Å². The highest BCUT2D eigenvalue weighted by molar-refractivity contribution is 5.87. The molecule has 1 amide bonds. The Labute approximate surface area is 107 Å². The van der Waals surface area contributed by atoms with Crippen LogP contribution in [0.25, 0.3) is 0 Å². The highest BCUT2D eigenvalue weighted by Crippen LogP contribution is 2.23. The lowest BCUT2D eigenvalue weighted by Crippen LogP contribution is -2.41. The van der Waals surface area contributed by atoms with Crippen LogP contribution in [0.5, 0.6) is 0 Å². The van der Waals surface area contributed by atoms with Crippen LogP contribution >= 0.6 is 0 Å². The van der Waals surface area contributed by atoms with Crippen LogP contribution < -0.4 is 4.90 Å². The van der Waals surface area contributed by atoms with Gasteiger partial charge in [-0.05, 0) is 18.6 Å². The van der Waals surface area contributed by atoms with Crippen molar-refractivity contribution in [2.24, 2.45) is 0 Å². The Morgan fingerprint density at radius 2 is 2.17 bits per heavy atom. The highest BCUT2D eigenvalue weighted by Gasteiger charge is 2.33. The van der Waals surface area contributed by atoms with Gasteiger partial charge in [-0.1, -0.05) is 18.2 Å². The van der Waals surface area contributed by atoms with Gasteiger partial charge in [0.15, 0.2) is 0 Å². The SMILES string of the molecule is CN1CCC(N(CCC#N)c2ccccc2)C1=O. The van der Waals surface area contributed by atoms with Gasteiger partial charge in [0.2, 0.25) is 5.91 Å². The quantitative estimate of drug-likeness (QED) is 0.807. The molecule has 1 heterocycles. The third-order valence-corrected chi connectivity index (χ3v) is 3.33. The van der Waals surface area contributed by atoms with Crippen molar-refractivity contribution >= 4 is 11.6 Å². The lowest BCUT2D eigenvalue weighted by molar-refractivity contribution is -0.127. The zero-order valence-electron chi connectivity index (χ0n) is 10.5. The average Bonchev–Trinajstić information content (AvgIpc) is 2.73. The van der Waals surface area contributed by atoms with Crippen LogP contribution in [0.1, 0.15) is 12.8 Å². The summed E-state index contributed by atoms with van der Waals surface area (Å²) in [6.07, 6.45) is 1.26. The molecule has 0 N–H and O–H groups in total. The summed E-state index contributed by atoms with van der Waals surface area (Å²) in [5.41, 5.74) is 1.02. The molecule has 0 bridgehead atoms. The Hall–Kier alpha value is -2.02. The number of anilines is 1. The van der Waals surface area contributed by atoms with E-state index in [2.05, 4.69) is 11.0 Å². The highest BCUT2D eigenvalue weighted by atomic mass is 16.2. The summed E-state index contributed by atoms with van der Waals surface area (Å²) in [7, 11) is 1.83.